The Morgan fingerprint density at radius 2 is 2.00 bits per heavy atom. The number of aromatic nitrogens is 5. The van der Waals surface area contributed by atoms with Crippen molar-refractivity contribution >= 4 is 11.0 Å². The highest BCUT2D eigenvalue weighted by Gasteiger charge is 2.34. The van der Waals surface area contributed by atoms with Gasteiger partial charge in [0, 0.05) is 46.9 Å². The predicted molar refractivity (Wildman–Crippen MR) is 114 cm³/mol. The normalized spacial score (nSPS) is 15.2. The molecule has 1 unspecified atom stereocenters. The van der Waals surface area contributed by atoms with Gasteiger partial charge in [0.2, 0.25) is 0 Å². The van der Waals surface area contributed by atoms with E-state index < -0.39 is 12.7 Å². The molecule has 0 aromatic carbocycles. The van der Waals surface area contributed by atoms with Gasteiger partial charge >= 0.3 is 6.18 Å². The van der Waals surface area contributed by atoms with E-state index in [1.54, 1.807) is 6.20 Å². The minimum absolute atomic E-state index is 0.0295. The predicted octanol–water partition coefficient (Wildman–Crippen LogP) is 5.60. The molecule has 0 amide bonds. The van der Waals surface area contributed by atoms with Crippen LogP contribution >= 0.6 is 0 Å². The molecule has 0 radical (unpaired) electrons. The summed E-state index contributed by atoms with van der Waals surface area (Å²) in [6.07, 6.45) is 4.49. The summed E-state index contributed by atoms with van der Waals surface area (Å²) in [6.45, 7) is 2.54. The molecule has 33 heavy (non-hydrogen) atoms. The number of pyridine rings is 1. The smallest absolute Gasteiger partial charge is 0.361 e. The quantitative estimate of drug-likeness (QED) is 0.379. The Balaban J connectivity index is 1.67. The molecule has 0 aliphatic heterocycles. The zero-order valence-electron chi connectivity index (χ0n) is 18.1. The van der Waals surface area contributed by atoms with Crippen molar-refractivity contribution in [1.29, 1.82) is 5.26 Å². The zero-order chi connectivity index (χ0) is 23.3. The van der Waals surface area contributed by atoms with E-state index in [1.165, 1.54) is 12.4 Å². The topological polar surface area (TPSA) is 85.5 Å². The van der Waals surface area contributed by atoms with Gasteiger partial charge in [0.15, 0.2) is 0 Å². The SMILES string of the molecule is Cc1noc(C)c1-c1cnc2c(-c3cnn(CC(F)(F)F)c3)cn(C(CC#N)C3CC3)c2c1. The molecule has 1 fully saturated rings. The molecule has 1 atom stereocenters. The summed E-state index contributed by atoms with van der Waals surface area (Å²) in [5.41, 5.74) is 5.15. The Labute approximate surface area is 187 Å². The zero-order valence-corrected chi connectivity index (χ0v) is 18.1. The summed E-state index contributed by atoms with van der Waals surface area (Å²) in [7, 11) is 0. The Hall–Kier alpha value is -3.61. The Bertz CT molecular complexity index is 1350. The van der Waals surface area contributed by atoms with Crippen molar-refractivity contribution in [2.45, 2.75) is 51.9 Å². The molecule has 4 heterocycles. The highest BCUT2D eigenvalue weighted by Crippen LogP contribution is 2.45. The second-order valence-electron chi connectivity index (χ2n) is 8.55. The maximum Gasteiger partial charge on any atom is 0.408 e. The summed E-state index contributed by atoms with van der Waals surface area (Å²) in [6, 6.07) is 4.25. The van der Waals surface area contributed by atoms with E-state index in [-0.39, 0.29) is 6.04 Å². The third-order valence-corrected chi connectivity index (χ3v) is 6.10. The van der Waals surface area contributed by atoms with Crippen LogP contribution in [-0.4, -0.2) is 30.7 Å². The lowest BCUT2D eigenvalue weighted by atomic mass is 10.0. The second kappa shape index (κ2) is 7.76. The summed E-state index contributed by atoms with van der Waals surface area (Å²) >= 11 is 0. The fourth-order valence-corrected chi connectivity index (χ4v) is 4.48. The van der Waals surface area contributed by atoms with Gasteiger partial charge in [-0.3, -0.25) is 9.67 Å². The fraction of sp³-hybridized carbons (Fsp3) is 0.391. The van der Waals surface area contributed by atoms with E-state index in [0.717, 1.165) is 39.9 Å². The largest absolute Gasteiger partial charge is 0.408 e. The summed E-state index contributed by atoms with van der Waals surface area (Å²) in [4.78, 5) is 4.69. The van der Waals surface area contributed by atoms with Gasteiger partial charge in [-0.25, -0.2) is 0 Å². The molecule has 0 bridgehead atoms. The van der Waals surface area contributed by atoms with Crippen molar-refractivity contribution < 1.29 is 17.7 Å². The molecule has 4 aromatic rings. The molecule has 1 aliphatic rings. The molecule has 7 nitrogen and oxygen atoms in total. The van der Waals surface area contributed by atoms with E-state index in [0.29, 0.717) is 34.7 Å². The van der Waals surface area contributed by atoms with Crippen LogP contribution < -0.4 is 0 Å². The molecule has 170 valence electrons. The first-order chi connectivity index (χ1) is 15.7. The van der Waals surface area contributed by atoms with Crippen molar-refractivity contribution in [3.05, 3.63) is 42.3 Å². The van der Waals surface area contributed by atoms with Gasteiger partial charge in [-0.2, -0.15) is 23.5 Å². The van der Waals surface area contributed by atoms with Crippen LogP contribution in [0.3, 0.4) is 0 Å². The maximum atomic E-state index is 12.8. The van der Waals surface area contributed by atoms with Gasteiger partial charge in [-0.05, 0) is 38.7 Å². The number of hydrogen-bond acceptors (Lipinski definition) is 5. The first kappa shape index (κ1) is 21.2. The molecule has 0 N–H and O–H groups in total. The number of rotatable bonds is 6. The summed E-state index contributed by atoms with van der Waals surface area (Å²) in [5.74, 6) is 1.07. The van der Waals surface area contributed by atoms with Crippen molar-refractivity contribution in [1.82, 2.24) is 24.5 Å². The van der Waals surface area contributed by atoms with Gasteiger partial charge in [0.05, 0.1) is 35.4 Å². The fourth-order valence-electron chi connectivity index (χ4n) is 4.48. The van der Waals surface area contributed by atoms with Crippen molar-refractivity contribution in [3.8, 4) is 28.3 Å². The molecule has 5 rings (SSSR count). The lowest BCUT2D eigenvalue weighted by Gasteiger charge is -2.16. The lowest BCUT2D eigenvalue weighted by molar-refractivity contribution is -0.142. The second-order valence-corrected chi connectivity index (χ2v) is 8.55. The monoisotopic (exact) mass is 454 g/mol. The standard InChI is InChI=1S/C23H21F3N6O/c1-13-21(14(2)33-30-13)16-7-20-22(28-8-16)18(11-32(20)19(5-6-27)15-3-4-15)17-9-29-31(10-17)12-23(24,25)26/h7-11,15,19H,3-5,12H2,1-2H3. The molecule has 1 aliphatic carbocycles. The number of nitrogens with zero attached hydrogens (tertiary/aromatic N) is 6. The first-order valence-electron chi connectivity index (χ1n) is 10.7. The molecular weight excluding hydrogens is 433 g/mol. The van der Waals surface area contributed by atoms with Crippen molar-refractivity contribution in [2.75, 3.05) is 0 Å². The Morgan fingerprint density at radius 1 is 1.21 bits per heavy atom. The van der Waals surface area contributed by atoms with E-state index in [9.17, 15) is 18.4 Å². The van der Waals surface area contributed by atoms with Crippen LogP contribution in [0, 0.1) is 31.1 Å². The molecular formula is C23H21F3N6O. The lowest BCUT2D eigenvalue weighted by Crippen LogP contribution is -2.17. The number of fused-ring (bicyclic) bond motifs is 1. The number of halogens is 3. The van der Waals surface area contributed by atoms with Crippen molar-refractivity contribution in [3.63, 3.8) is 0 Å². The highest BCUT2D eigenvalue weighted by atomic mass is 19.4. The minimum Gasteiger partial charge on any atom is -0.361 e. The van der Waals surface area contributed by atoms with Crippen LogP contribution in [0.1, 0.15) is 36.8 Å². The molecule has 0 saturated heterocycles. The van der Waals surface area contributed by atoms with Crippen LogP contribution in [0.25, 0.3) is 33.3 Å². The van der Waals surface area contributed by atoms with Crippen molar-refractivity contribution in [2.24, 2.45) is 5.92 Å². The van der Waals surface area contributed by atoms with E-state index in [4.69, 9.17) is 9.51 Å². The number of alkyl halides is 3. The van der Waals surface area contributed by atoms with Crippen LogP contribution in [0.4, 0.5) is 13.2 Å². The molecule has 1 saturated carbocycles. The van der Waals surface area contributed by atoms with Crippen LogP contribution in [0.2, 0.25) is 0 Å². The van der Waals surface area contributed by atoms with E-state index in [2.05, 4.69) is 20.9 Å². The first-order valence-corrected chi connectivity index (χ1v) is 10.7. The van der Waals surface area contributed by atoms with Gasteiger partial charge in [-0.1, -0.05) is 5.16 Å². The summed E-state index contributed by atoms with van der Waals surface area (Å²) in [5, 5.41) is 17.4. The van der Waals surface area contributed by atoms with E-state index in [1.807, 2.05) is 26.1 Å². The summed E-state index contributed by atoms with van der Waals surface area (Å²) < 4.78 is 46.7. The minimum atomic E-state index is -4.36. The van der Waals surface area contributed by atoms with Gasteiger partial charge in [0.1, 0.15) is 12.3 Å². The highest BCUT2D eigenvalue weighted by molar-refractivity contribution is 5.95. The third-order valence-electron chi connectivity index (χ3n) is 6.10. The maximum absolute atomic E-state index is 12.8. The molecule has 0 spiro atoms. The molecule has 4 aromatic heterocycles. The van der Waals surface area contributed by atoms with Gasteiger partial charge < -0.3 is 9.09 Å². The molecule has 10 heteroatoms. The number of nitriles is 1. The third kappa shape index (κ3) is 3.99. The van der Waals surface area contributed by atoms with Crippen LogP contribution in [-0.2, 0) is 6.54 Å². The number of hydrogen-bond donors (Lipinski definition) is 0. The van der Waals surface area contributed by atoms with Gasteiger partial charge in [-0.15, -0.1) is 0 Å². The van der Waals surface area contributed by atoms with Gasteiger partial charge in [0.25, 0.3) is 0 Å². The number of aryl methyl sites for hydroxylation is 2. The van der Waals surface area contributed by atoms with Crippen LogP contribution in [0.5, 0.6) is 0 Å². The van der Waals surface area contributed by atoms with Crippen LogP contribution in [0.15, 0.2) is 35.4 Å². The Morgan fingerprint density at radius 3 is 2.64 bits per heavy atom. The Kier molecular flexibility index (Phi) is 5.00. The average Bonchev–Trinajstić information content (AvgIpc) is 3.25. The average molecular weight is 454 g/mol. The van der Waals surface area contributed by atoms with E-state index >= 15 is 0 Å².